The van der Waals surface area contributed by atoms with Crippen LogP contribution in [0.3, 0.4) is 0 Å². The highest BCUT2D eigenvalue weighted by Gasteiger charge is 2.18. The number of nitrogens with one attached hydrogen (secondary N) is 1. The number of aromatic nitrogens is 3. The third-order valence-corrected chi connectivity index (χ3v) is 6.15. The largest absolute Gasteiger partial charge is 0.496 e. The van der Waals surface area contributed by atoms with Gasteiger partial charge in [-0.25, -0.2) is 0 Å². The summed E-state index contributed by atoms with van der Waals surface area (Å²) in [5, 5.41) is 12.7. The van der Waals surface area contributed by atoms with Crippen molar-refractivity contribution in [1.29, 1.82) is 0 Å². The van der Waals surface area contributed by atoms with E-state index < -0.39 is 0 Å². The number of carbonyl (C=O) groups excluding carboxylic acids is 1. The number of hydrogen-bond donors (Lipinski definition) is 1. The lowest BCUT2D eigenvalue weighted by atomic mass is 9.97. The smallest absolute Gasteiger partial charge is 0.230 e. The summed E-state index contributed by atoms with van der Waals surface area (Å²) in [6.45, 7) is 2.79. The number of ether oxygens (including phenoxy) is 1. The third-order valence-electron chi connectivity index (χ3n) is 5.18. The van der Waals surface area contributed by atoms with E-state index in [2.05, 4.69) is 22.4 Å². The molecule has 3 rings (SSSR count). The summed E-state index contributed by atoms with van der Waals surface area (Å²) < 4.78 is 7.49. The third kappa shape index (κ3) is 5.28. The van der Waals surface area contributed by atoms with Crippen molar-refractivity contribution in [1.82, 2.24) is 20.1 Å². The fourth-order valence-corrected chi connectivity index (χ4v) is 4.52. The second-order valence-corrected chi connectivity index (χ2v) is 8.09. The lowest BCUT2D eigenvalue weighted by Crippen LogP contribution is -2.36. The maximum absolute atomic E-state index is 12.5. The molecular formula is C21H30N4O2S. The van der Waals surface area contributed by atoms with Gasteiger partial charge in [0.05, 0.1) is 18.4 Å². The summed E-state index contributed by atoms with van der Waals surface area (Å²) in [4.78, 5) is 12.5. The van der Waals surface area contributed by atoms with Crippen molar-refractivity contribution in [3.8, 4) is 17.1 Å². The van der Waals surface area contributed by atoms with E-state index in [4.69, 9.17) is 4.74 Å². The van der Waals surface area contributed by atoms with Crippen molar-refractivity contribution in [2.45, 2.75) is 69.6 Å². The summed E-state index contributed by atoms with van der Waals surface area (Å²) in [7, 11) is 1.65. The van der Waals surface area contributed by atoms with Crippen LogP contribution in [0.5, 0.6) is 5.75 Å². The highest BCUT2D eigenvalue weighted by atomic mass is 32.2. The maximum Gasteiger partial charge on any atom is 0.230 e. The molecule has 1 heterocycles. The van der Waals surface area contributed by atoms with Crippen LogP contribution < -0.4 is 10.1 Å². The van der Waals surface area contributed by atoms with Crippen molar-refractivity contribution in [3.63, 3.8) is 0 Å². The molecule has 6 nitrogen and oxygen atoms in total. The Morgan fingerprint density at radius 1 is 1.18 bits per heavy atom. The van der Waals surface area contributed by atoms with Crippen LogP contribution in [0.4, 0.5) is 0 Å². The zero-order valence-corrected chi connectivity index (χ0v) is 17.6. The Hall–Kier alpha value is -2.02. The second kappa shape index (κ2) is 10.5. The molecule has 0 saturated heterocycles. The molecule has 0 spiro atoms. The van der Waals surface area contributed by atoms with Gasteiger partial charge in [-0.05, 0) is 31.9 Å². The van der Waals surface area contributed by atoms with Crippen LogP contribution in [0.25, 0.3) is 11.4 Å². The minimum Gasteiger partial charge on any atom is -0.496 e. The van der Waals surface area contributed by atoms with Gasteiger partial charge in [-0.2, -0.15) is 0 Å². The van der Waals surface area contributed by atoms with Crippen molar-refractivity contribution < 1.29 is 9.53 Å². The van der Waals surface area contributed by atoms with Gasteiger partial charge in [0, 0.05) is 12.6 Å². The first-order valence-corrected chi connectivity index (χ1v) is 11.2. The first kappa shape index (κ1) is 20.7. The van der Waals surface area contributed by atoms with Crippen molar-refractivity contribution in [3.05, 3.63) is 24.3 Å². The van der Waals surface area contributed by atoms with Gasteiger partial charge in [0.2, 0.25) is 5.91 Å². The number of hydrogen-bond acceptors (Lipinski definition) is 5. The highest BCUT2D eigenvalue weighted by molar-refractivity contribution is 7.99. The molecule has 0 aliphatic heterocycles. The maximum atomic E-state index is 12.5. The van der Waals surface area contributed by atoms with Gasteiger partial charge in [-0.1, -0.05) is 56.0 Å². The molecule has 2 aromatic rings. The number of carbonyl (C=O) groups is 1. The molecular weight excluding hydrogens is 372 g/mol. The number of amides is 1. The number of nitrogens with zero attached hydrogens (tertiary/aromatic N) is 3. The van der Waals surface area contributed by atoms with Crippen LogP contribution in [-0.2, 0) is 11.3 Å². The zero-order chi connectivity index (χ0) is 19.8. The van der Waals surface area contributed by atoms with E-state index in [9.17, 15) is 4.79 Å². The molecule has 0 atom stereocenters. The average Bonchev–Trinajstić information content (AvgIpc) is 3.11. The minimum atomic E-state index is 0.0834. The van der Waals surface area contributed by atoms with E-state index in [0.29, 0.717) is 11.8 Å². The molecule has 0 radical (unpaired) electrons. The van der Waals surface area contributed by atoms with Gasteiger partial charge in [-0.3, -0.25) is 4.79 Å². The summed E-state index contributed by atoms with van der Waals surface area (Å²) >= 11 is 1.44. The number of thioether (sulfide) groups is 1. The Morgan fingerprint density at radius 2 is 1.89 bits per heavy atom. The fourth-order valence-electron chi connectivity index (χ4n) is 3.71. The Balaban J connectivity index is 1.63. The quantitative estimate of drug-likeness (QED) is 0.700. The molecule has 1 aliphatic rings. The fraction of sp³-hybridized carbons (Fsp3) is 0.571. The predicted molar refractivity (Wildman–Crippen MR) is 113 cm³/mol. The average molecular weight is 403 g/mol. The number of methoxy groups -OCH3 is 1. The van der Waals surface area contributed by atoms with Gasteiger partial charge in [-0.15, -0.1) is 10.2 Å². The van der Waals surface area contributed by atoms with Crippen LogP contribution >= 0.6 is 11.8 Å². The molecule has 1 N–H and O–H groups in total. The Labute approximate surface area is 171 Å². The molecule has 1 amide bonds. The van der Waals surface area contributed by atoms with Crippen molar-refractivity contribution >= 4 is 17.7 Å². The summed E-state index contributed by atoms with van der Waals surface area (Å²) in [6, 6.07) is 8.11. The molecule has 0 unspecified atom stereocenters. The Morgan fingerprint density at radius 3 is 2.61 bits per heavy atom. The molecule has 152 valence electrons. The summed E-state index contributed by atoms with van der Waals surface area (Å²) in [6.07, 6.45) is 8.52. The Bertz CT molecular complexity index is 770. The van der Waals surface area contributed by atoms with E-state index in [1.54, 1.807) is 7.11 Å². The van der Waals surface area contributed by atoms with E-state index in [0.717, 1.165) is 41.7 Å². The van der Waals surface area contributed by atoms with E-state index in [1.807, 2.05) is 28.8 Å². The van der Waals surface area contributed by atoms with E-state index in [1.165, 1.54) is 43.9 Å². The second-order valence-electron chi connectivity index (χ2n) is 7.15. The van der Waals surface area contributed by atoms with Crippen LogP contribution in [-0.4, -0.2) is 39.6 Å². The van der Waals surface area contributed by atoms with Gasteiger partial charge >= 0.3 is 0 Å². The molecule has 28 heavy (non-hydrogen) atoms. The molecule has 1 aromatic carbocycles. The number of para-hydroxylation sites is 1. The molecule has 0 bridgehead atoms. The van der Waals surface area contributed by atoms with E-state index >= 15 is 0 Å². The normalized spacial score (nSPS) is 15.6. The van der Waals surface area contributed by atoms with E-state index in [-0.39, 0.29) is 5.91 Å². The van der Waals surface area contributed by atoms with Gasteiger partial charge in [0.15, 0.2) is 11.0 Å². The van der Waals surface area contributed by atoms with Gasteiger partial charge in [0.25, 0.3) is 0 Å². The predicted octanol–water partition coefficient (Wildman–Crippen LogP) is 4.29. The molecule has 1 aromatic heterocycles. The standard InChI is InChI=1S/C21H30N4O2S/c1-3-25-20(17-13-9-10-14-18(17)27-2)23-24-21(25)28-15-19(26)22-16-11-7-5-4-6-8-12-16/h9-10,13-14,16H,3-8,11-12,15H2,1-2H3,(H,22,26). The molecule has 1 saturated carbocycles. The number of benzene rings is 1. The van der Waals surface area contributed by atoms with Crippen LogP contribution in [0.15, 0.2) is 29.4 Å². The minimum absolute atomic E-state index is 0.0834. The lowest BCUT2D eigenvalue weighted by molar-refractivity contribution is -0.119. The van der Waals surface area contributed by atoms with Crippen LogP contribution in [0.1, 0.15) is 51.9 Å². The lowest BCUT2D eigenvalue weighted by Gasteiger charge is -2.20. The highest BCUT2D eigenvalue weighted by Crippen LogP contribution is 2.30. The molecule has 7 heteroatoms. The van der Waals surface area contributed by atoms with Crippen LogP contribution in [0.2, 0.25) is 0 Å². The summed E-state index contributed by atoms with van der Waals surface area (Å²) in [5.41, 5.74) is 0.908. The molecule has 1 aliphatic carbocycles. The topological polar surface area (TPSA) is 69.0 Å². The number of rotatable bonds is 7. The zero-order valence-electron chi connectivity index (χ0n) is 16.8. The Kier molecular flexibility index (Phi) is 7.77. The monoisotopic (exact) mass is 402 g/mol. The van der Waals surface area contributed by atoms with Gasteiger partial charge < -0.3 is 14.6 Å². The van der Waals surface area contributed by atoms with Crippen molar-refractivity contribution in [2.75, 3.05) is 12.9 Å². The molecule has 1 fully saturated rings. The first-order valence-electron chi connectivity index (χ1n) is 10.2. The SMILES string of the molecule is CCn1c(SCC(=O)NC2CCCCCCC2)nnc1-c1ccccc1OC. The first-order chi connectivity index (χ1) is 13.7. The van der Waals surface area contributed by atoms with Crippen molar-refractivity contribution in [2.24, 2.45) is 0 Å². The summed E-state index contributed by atoms with van der Waals surface area (Å²) in [5.74, 6) is 1.98. The van der Waals surface area contributed by atoms with Crippen LogP contribution in [0, 0.1) is 0 Å². The van der Waals surface area contributed by atoms with Gasteiger partial charge in [0.1, 0.15) is 5.75 Å².